The molecule has 1 aromatic carbocycles. The molecule has 18 heavy (non-hydrogen) atoms. The summed E-state index contributed by atoms with van der Waals surface area (Å²) in [5.41, 5.74) is 0.224. The van der Waals surface area contributed by atoms with Crippen molar-refractivity contribution in [1.29, 1.82) is 0 Å². The molecule has 1 aromatic rings. The summed E-state index contributed by atoms with van der Waals surface area (Å²) in [6.07, 6.45) is 5.47. The Balaban J connectivity index is 2.05. The van der Waals surface area contributed by atoms with Crippen molar-refractivity contribution in [2.45, 2.75) is 32.1 Å². The highest BCUT2D eigenvalue weighted by atomic mass is 35.5. The van der Waals surface area contributed by atoms with Crippen LogP contribution < -0.4 is 5.32 Å². The van der Waals surface area contributed by atoms with Crippen LogP contribution in [0.25, 0.3) is 0 Å². The van der Waals surface area contributed by atoms with Crippen LogP contribution in [0.1, 0.15) is 32.1 Å². The summed E-state index contributed by atoms with van der Waals surface area (Å²) in [6, 6.07) is 4.64. The topological polar surface area (TPSA) is 32.3 Å². The van der Waals surface area contributed by atoms with Crippen molar-refractivity contribution in [3.05, 3.63) is 29.0 Å². The smallest absolute Gasteiger partial charge is 0.147 e. The fourth-order valence-corrected chi connectivity index (χ4v) is 2.86. The number of hydrogen-bond acceptors (Lipinski definition) is 2. The van der Waals surface area contributed by atoms with Gasteiger partial charge < -0.3 is 10.4 Å². The Bertz CT molecular complexity index is 385. The Morgan fingerprint density at radius 1 is 1.28 bits per heavy atom. The van der Waals surface area contributed by atoms with E-state index in [4.69, 9.17) is 11.6 Å². The van der Waals surface area contributed by atoms with Gasteiger partial charge in [0, 0.05) is 12.0 Å². The van der Waals surface area contributed by atoms with Crippen molar-refractivity contribution in [1.82, 2.24) is 0 Å². The van der Waals surface area contributed by atoms with Crippen LogP contribution in [0.2, 0.25) is 5.02 Å². The largest absolute Gasteiger partial charge is 0.396 e. The number of nitrogens with one attached hydrogen (secondary N) is 1. The van der Waals surface area contributed by atoms with Gasteiger partial charge in [-0.05, 0) is 25.0 Å². The standard InChI is InChI=1S/C14H19ClFNO/c15-11-5-4-6-12(16)13(11)17-9-14(10-18)7-2-1-3-8-14/h4-6,17-18H,1-3,7-10H2. The van der Waals surface area contributed by atoms with Crippen LogP contribution >= 0.6 is 11.6 Å². The van der Waals surface area contributed by atoms with Gasteiger partial charge in [-0.3, -0.25) is 0 Å². The first kappa shape index (κ1) is 13.6. The first-order valence-corrected chi connectivity index (χ1v) is 6.83. The molecule has 0 radical (unpaired) electrons. The molecule has 2 nitrogen and oxygen atoms in total. The normalized spacial score (nSPS) is 18.6. The van der Waals surface area contributed by atoms with Crippen molar-refractivity contribution < 1.29 is 9.50 Å². The molecule has 1 saturated carbocycles. The molecule has 0 spiro atoms. The number of benzene rings is 1. The number of aliphatic hydroxyl groups is 1. The van der Waals surface area contributed by atoms with Gasteiger partial charge in [-0.1, -0.05) is 36.9 Å². The molecule has 0 aromatic heterocycles. The number of para-hydroxylation sites is 1. The molecular weight excluding hydrogens is 253 g/mol. The fourth-order valence-electron chi connectivity index (χ4n) is 2.64. The maximum Gasteiger partial charge on any atom is 0.147 e. The van der Waals surface area contributed by atoms with E-state index in [9.17, 15) is 9.50 Å². The van der Waals surface area contributed by atoms with Crippen molar-refractivity contribution >= 4 is 17.3 Å². The van der Waals surface area contributed by atoms with E-state index in [-0.39, 0.29) is 17.8 Å². The second-order valence-corrected chi connectivity index (χ2v) is 5.58. The first-order valence-electron chi connectivity index (χ1n) is 6.46. The molecule has 1 aliphatic carbocycles. The lowest BCUT2D eigenvalue weighted by atomic mass is 9.74. The van der Waals surface area contributed by atoms with E-state index < -0.39 is 0 Å². The third kappa shape index (κ3) is 2.96. The molecule has 0 saturated heterocycles. The fraction of sp³-hybridized carbons (Fsp3) is 0.571. The molecule has 2 rings (SSSR count). The van der Waals surface area contributed by atoms with Gasteiger partial charge in [0.15, 0.2) is 0 Å². The summed E-state index contributed by atoms with van der Waals surface area (Å²) in [6.45, 7) is 0.718. The molecular formula is C14H19ClFNO. The van der Waals surface area contributed by atoms with Crippen molar-refractivity contribution in [3.63, 3.8) is 0 Å². The van der Waals surface area contributed by atoms with Crippen LogP contribution in [-0.4, -0.2) is 18.3 Å². The van der Waals surface area contributed by atoms with E-state index in [1.165, 1.54) is 12.5 Å². The van der Waals surface area contributed by atoms with Gasteiger partial charge >= 0.3 is 0 Å². The average molecular weight is 272 g/mol. The Morgan fingerprint density at radius 3 is 2.61 bits per heavy atom. The average Bonchev–Trinajstić information content (AvgIpc) is 2.39. The quantitative estimate of drug-likeness (QED) is 0.872. The molecule has 0 amide bonds. The Kier molecular flexibility index (Phi) is 4.46. The lowest BCUT2D eigenvalue weighted by Crippen LogP contribution is -2.35. The number of anilines is 1. The van der Waals surface area contributed by atoms with Crippen LogP contribution in [0.3, 0.4) is 0 Å². The van der Waals surface area contributed by atoms with Crippen LogP contribution in [0, 0.1) is 11.2 Å². The molecule has 4 heteroatoms. The molecule has 1 fully saturated rings. The van der Waals surface area contributed by atoms with Crippen LogP contribution in [0.4, 0.5) is 10.1 Å². The highest BCUT2D eigenvalue weighted by molar-refractivity contribution is 6.33. The molecule has 0 unspecified atom stereocenters. The monoisotopic (exact) mass is 271 g/mol. The van der Waals surface area contributed by atoms with Crippen LogP contribution in [0.5, 0.6) is 0 Å². The predicted octanol–water partition coefficient (Wildman–Crippen LogP) is 3.83. The van der Waals surface area contributed by atoms with Gasteiger partial charge in [-0.2, -0.15) is 0 Å². The second-order valence-electron chi connectivity index (χ2n) is 5.17. The molecule has 0 aliphatic heterocycles. The SMILES string of the molecule is OCC1(CNc2c(F)cccc2Cl)CCCCC1. The molecule has 2 N–H and O–H groups in total. The van der Waals surface area contributed by atoms with E-state index in [1.54, 1.807) is 12.1 Å². The van der Waals surface area contributed by atoms with Gasteiger partial charge in [-0.15, -0.1) is 0 Å². The number of halogens is 2. The lowest BCUT2D eigenvalue weighted by Gasteiger charge is -2.36. The molecule has 0 atom stereocenters. The maximum atomic E-state index is 13.6. The zero-order valence-electron chi connectivity index (χ0n) is 10.4. The van der Waals surface area contributed by atoms with Crippen LogP contribution in [0.15, 0.2) is 18.2 Å². The van der Waals surface area contributed by atoms with E-state index in [0.717, 1.165) is 25.7 Å². The summed E-state index contributed by atoms with van der Waals surface area (Å²) in [5.74, 6) is -0.341. The van der Waals surface area contributed by atoms with Crippen molar-refractivity contribution in [3.8, 4) is 0 Å². The molecule has 0 bridgehead atoms. The highest BCUT2D eigenvalue weighted by Crippen LogP contribution is 2.36. The zero-order chi connectivity index (χ0) is 13.0. The van der Waals surface area contributed by atoms with Gasteiger partial charge in [0.05, 0.1) is 17.3 Å². The zero-order valence-corrected chi connectivity index (χ0v) is 11.1. The number of hydrogen-bond donors (Lipinski definition) is 2. The minimum Gasteiger partial charge on any atom is -0.396 e. The molecule has 100 valence electrons. The summed E-state index contributed by atoms with van der Waals surface area (Å²) in [5, 5.41) is 13.1. The number of rotatable bonds is 4. The third-order valence-electron chi connectivity index (χ3n) is 3.85. The molecule has 1 aliphatic rings. The summed E-state index contributed by atoms with van der Waals surface area (Å²) in [7, 11) is 0. The first-order chi connectivity index (χ1) is 8.67. The van der Waals surface area contributed by atoms with Crippen molar-refractivity contribution in [2.75, 3.05) is 18.5 Å². The lowest BCUT2D eigenvalue weighted by molar-refractivity contribution is 0.0943. The predicted molar refractivity (Wildman–Crippen MR) is 72.5 cm³/mol. The summed E-state index contributed by atoms with van der Waals surface area (Å²) in [4.78, 5) is 0. The second kappa shape index (κ2) is 5.89. The minimum atomic E-state index is -0.341. The molecule has 0 heterocycles. The Hall–Kier alpha value is -0.800. The van der Waals surface area contributed by atoms with E-state index in [2.05, 4.69) is 5.32 Å². The van der Waals surface area contributed by atoms with E-state index in [0.29, 0.717) is 17.3 Å². The van der Waals surface area contributed by atoms with Gasteiger partial charge in [0.1, 0.15) is 5.82 Å². The Morgan fingerprint density at radius 2 is 2.00 bits per heavy atom. The van der Waals surface area contributed by atoms with Crippen molar-refractivity contribution in [2.24, 2.45) is 5.41 Å². The highest BCUT2D eigenvalue weighted by Gasteiger charge is 2.31. The van der Waals surface area contributed by atoms with Gasteiger partial charge in [0.2, 0.25) is 0 Å². The van der Waals surface area contributed by atoms with E-state index >= 15 is 0 Å². The number of aliphatic hydroxyl groups excluding tert-OH is 1. The Labute approximate surface area is 112 Å². The van der Waals surface area contributed by atoms with E-state index in [1.807, 2.05) is 0 Å². The minimum absolute atomic E-state index is 0.121. The van der Waals surface area contributed by atoms with Gasteiger partial charge in [0.25, 0.3) is 0 Å². The maximum absolute atomic E-state index is 13.6. The summed E-state index contributed by atoms with van der Waals surface area (Å²) >= 11 is 5.97. The van der Waals surface area contributed by atoms with Gasteiger partial charge in [-0.25, -0.2) is 4.39 Å². The summed E-state index contributed by atoms with van der Waals surface area (Å²) < 4.78 is 13.6. The van der Waals surface area contributed by atoms with Crippen LogP contribution in [-0.2, 0) is 0 Å². The third-order valence-corrected chi connectivity index (χ3v) is 4.17.